The molecular formula is C13H19N3O3. The number of nitrogens with two attached hydrogens (primary N) is 1. The molecule has 0 saturated carbocycles. The number of likely N-dealkylation sites (N-methyl/N-ethyl adjacent to an activating group) is 1. The number of anilines is 2. The Balaban J connectivity index is 2.17. The number of carbonyl (C=O) groups excluding carboxylic acids is 1. The minimum Gasteiger partial charge on any atom is -0.479 e. The molecule has 4 N–H and O–H groups in total. The molecule has 2 unspecified atom stereocenters. The Hall–Kier alpha value is -1.79. The monoisotopic (exact) mass is 265 g/mol. The summed E-state index contributed by atoms with van der Waals surface area (Å²) in [7, 11) is 1.86. The molecule has 2 rings (SSSR count). The summed E-state index contributed by atoms with van der Waals surface area (Å²) in [4.78, 5) is 13.4. The van der Waals surface area contributed by atoms with Gasteiger partial charge in [-0.15, -0.1) is 0 Å². The number of aliphatic hydroxyl groups is 1. The molecule has 19 heavy (non-hydrogen) atoms. The third kappa shape index (κ3) is 2.97. The second-order valence-electron chi connectivity index (χ2n) is 4.70. The van der Waals surface area contributed by atoms with E-state index in [2.05, 4.69) is 5.32 Å². The number of nitrogens with zero attached hydrogens (tertiary/aromatic N) is 1. The highest BCUT2D eigenvalue weighted by Gasteiger charge is 2.23. The molecule has 0 aromatic heterocycles. The van der Waals surface area contributed by atoms with Crippen LogP contribution in [0.5, 0.6) is 5.75 Å². The number of hydrogen-bond acceptors (Lipinski definition) is 5. The maximum absolute atomic E-state index is 11.6. The van der Waals surface area contributed by atoms with Gasteiger partial charge in [-0.3, -0.25) is 4.79 Å². The minimum atomic E-state index is -0.577. The summed E-state index contributed by atoms with van der Waals surface area (Å²) < 4.78 is 5.48. The zero-order chi connectivity index (χ0) is 14.0. The normalized spacial score (nSPS) is 19.2. The van der Waals surface area contributed by atoms with Gasteiger partial charge in [0, 0.05) is 25.8 Å². The lowest BCUT2D eigenvalue weighted by Crippen LogP contribution is -2.35. The number of rotatable bonds is 4. The van der Waals surface area contributed by atoms with Crippen LogP contribution in [0.15, 0.2) is 18.2 Å². The van der Waals surface area contributed by atoms with Crippen molar-refractivity contribution in [2.45, 2.75) is 19.1 Å². The van der Waals surface area contributed by atoms with Crippen LogP contribution in [0.1, 0.15) is 6.92 Å². The van der Waals surface area contributed by atoms with Gasteiger partial charge in [0.1, 0.15) is 5.75 Å². The summed E-state index contributed by atoms with van der Waals surface area (Å²) >= 11 is 0. The van der Waals surface area contributed by atoms with Crippen LogP contribution in [0.3, 0.4) is 0 Å². The van der Waals surface area contributed by atoms with Crippen LogP contribution < -0.4 is 20.7 Å². The molecule has 1 aromatic rings. The topological polar surface area (TPSA) is 87.8 Å². The van der Waals surface area contributed by atoms with Crippen LogP contribution in [0.2, 0.25) is 0 Å². The molecule has 1 aliphatic heterocycles. The second kappa shape index (κ2) is 5.46. The molecule has 104 valence electrons. The molecule has 1 aromatic carbocycles. The number of ether oxygens (including phenoxy) is 1. The van der Waals surface area contributed by atoms with E-state index in [1.54, 1.807) is 6.92 Å². The summed E-state index contributed by atoms with van der Waals surface area (Å²) in [6, 6.07) is 5.51. The zero-order valence-electron chi connectivity index (χ0n) is 11.1. The van der Waals surface area contributed by atoms with Crippen molar-refractivity contribution in [1.29, 1.82) is 0 Å². The number of aliphatic hydroxyl groups excluding tert-OH is 1. The van der Waals surface area contributed by atoms with Gasteiger partial charge in [0.2, 0.25) is 0 Å². The van der Waals surface area contributed by atoms with E-state index in [9.17, 15) is 9.90 Å². The highest BCUT2D eigenvalue weighted by atomic mass is 16.5. The first-order valence-electron chi connectivity index (χ1n) is 6.22. The van der Waals surface area contributed by atoms with Crippen LogP contribution in [0.25, 0.3) is 0 Å². The predicted octanol–water partition coefficient (Wildman–Crippen LogP) is 0.162. The van der Waals surface area contributed by atoms with Gasteiger partial charge in [-0.1, -0.05) is 0 Å². The molecule has 0 aliphatic carbocycles. The summed E-state index contributed by atoms with van der Waals surface area (Å²) in [5.41, 5.74) is 6.92. The summed E-state index contributed by atoms with van der Waals surface area (Å²) in [6.45, 7) is 2.35. The number of amides is 1. The third-order valence-corrected chi connectivity index (χ3v) is 3.09. The highest BCUT2D eigenvalue weighted by Crippen LogP contribution is 2.33. The summed E-state index contributed by atoms with van der Waals surface area (Å²) in [5.74, 6) is 0.498. The van der Waals surface area contributed by atoms with E-state index in [0.29, 0.717) is 18.0 Å². The van der Waals surface area contributed by atoms with Crippen molar-refractivity contribution in [3.63, 3.8) is 0 Å². The van der Waals surface area contributed by atoms with Crippen molar-refractivity contribution in [2.75, 3.05) is 30.4 Å². The SMILES string of the molecule is CC1Oc2ccc(N(C)CC(O)CN)cc2NC1=O. The molecule has 6 heteroatoms. The standard InChI is InChI=1S/C13H19N3O3/c1-8-13(18)15-11-5-9(3-4-12(11)19-8)16(2)7-10(17)6-14/h3-5,8,10,17H,6-7,14H2,1-2H3,(H,15,18). The number of benzene rings is 1. The first-order valence-corrected chi connectivity index (χ1v) is 6.22. The number of nitrogens with one attached hydrogen (secondary N) is 1. The van der Waals surface area contributed by atoms with Gasteiger partial charge in [-0.25, -0.2) is 0 Å². The second-order valence-corrected chi connectivity index (χ2v) is 4.70. The van der Waals surface area contributed by atoms with Crippen LogP contribution >= 0.6 is 0 Å². The van der Waals surface area contributed by atoms with Gasteiger partial charge in [-0.05, 0) is 25.1 Å². The molecule has 0 radical (unpaired) electrons. The van der Waals surface area contributed by atoms with Crippen molar-refractivity contribution in [3.05, 3.63) is 18.2 Å². The van der Waals surface area contributed by atoms with Crippen LogP contribution in [0.4, 0.5) is 11.4 Å². The Labute approximate surface area is 112 Å². The van der Waals surface area contributed by atoms with Gasteiger partial charge < -0.3 is 25.8 Å². The van der Waals surface area contributed by atoms with E-state index in [1.807, 2.05) is 30.1 Å². The third-order valence-electron chi connectivity index (χ3n) is 3.09. The van der Waals surface area contributed by atoms with E-state index in [4.69, 9.17) is 10.5 Å². The molecule has 1 amide bonds. The van der Waals surface area contributed by atoms with Gasteiger partial charge in [0.05, 0.1) is 11.8 Å². The quantitative estimate of drug-likeness (QED) is 0.722. The molecule has 6 nitrogen and oxygen atoms in total. The van der Waals surface area contributed by atoms with Crippen LogP contribution in [-0.4, -0.2) is 43.4 Å². The van der Waals surface area contributed by atoms with E-state index < -0.39 is 12.2 Å². The Morgan fingerprint density at radius 3 is 3.00 bits per heavy atom. The smallest absolute Gasteiger partial charge is 0.265 e. The minimum absolute atomic E-state index is 0.158. The lowest BCUT2D eigenvalue weighted by molar-refractivity contribution is -0.122. The van der Waals surface area contributed by atoms with Crippen molar-refractivity contribution < 1.29 is 14.6 Å². The van der Waals surface area contributed by atoms with Crippen LogP contribution in [-0.2, 0) is 4.79 Å². The number of fused-ring (bicyclic) bond motifs is 1. The van der Waals surface area contributed by atoms with E-state index in [0.717, 1.165) is 5.69 Å². The molecular weight excluding hydrogens is 246 g/mol. The van der Waals surface area contributed by atoms with E-state index in [-0.39, 0.29) is 12.5 Å². The van der Waals surface area contributed by atoms with Gasteiger partial charge in [0.15, 0.2) is 6.10 Å². The first-order chi connectivity index (χ1) is 9.01. The zero-order valence-corrected chi connectivity index (χ0v) is 11.1. The lowest BCUT2D eigenvalue weighted by atomic mass is 10.2. The Kier molecular flexibility index (Phi) is 3.92. The first kappa shape index (κ1) is 13.6. The molecule has 0 bridgehead atoms. The maximum Gasteiger partial charge on any atom is 0.265 e. The Bertz CT molecular complexity index is 478. The van der Waals surface area contributed by atoms with E-state index in [1.165, 1.54) is 0 Å². The highest BCUT2D eigenvalue weighted by molar-refractivity contribution is 5.98. The molecule has 2 atom stereocenters. The average Bonchev–Trinajstić information content (AvgIpc) is 2.39. The van der Waals surface area contributed by atoms with Crippen molar-refractivity contribution in [1.82, 2.24) is 0 Å². The Morgan fingerprint density at radius 2 is 2.32 bits per heavy atom. The molecule has 0 saturated heterocycles. The summed E-state index contributed by atoms with van der Waals surface area (Å²) in [5, 5.41) is 12.3. The Morgan fingerprint density at radius 1 is 1.58 bits per heavy atom. The fourth-order valence-electron chi connectivity index (χ4n) is 1.93. The lowest BCUT2D eigenvalue weighted by Gasteiger charge is -2.26. The van der Waals surface area contributed by atoms with Gasteiger partial charge in [-0.2, -0.15) is 0 Å². The molecule has 1 aliphatic rings. The van der Waals surface area contributed by atoms with Gasteiger partial charge >= 0.3 is 0 Å². The summed E-state index contributed by atoms with van der Waals surface area (Å²) in [6.07, 6.45) is -1.05. The molecule has 0 spiro atoms. The largest absolute Gasteiger partial charge is 0.479 e. The van der Waals surface area contributed by atoms with Crippen LogP contribution in [0, 0.1) is 0 Å². The van der Waals surface area contributed by atoms with E-state index >= 15 is 0 Å². The number of carbonyl (C=O) groups is 1. The predicted molar refractivity (Wildman–Crippen MR) is 73.5 cm³/mol. The van der Waals surface area contributed by atoms with Crippen molar-refractivity contribution >= 4 is 17.3 Å². The fraction of sp³-hybridized carbons (Fsp3) is 0.462. The average molecular weight is 265 g/mol. The maximum atomic E-state index is 11.6. The van der Waals surface area contributed by atoms with Crippen molar-refractivity contribution in [2.24, 2.45) is 5.73 Å². The molecule has 1 heterocycles. The van der Waals surface area contributed by atoms with Gasteiger partial charge in [0.25, 0.3) is 5.91 Å². The molecule has 0 fully saturated rings. The van der Waals surface area contributed by atoms with Crippen molar-refractivity contribution in [3.8, 4) is 5.75 Å². The fourth-order valence-corrected chi connectivity index (χ4v) is 1.93. The number of hydrogen-bond donors (Lipinski definition) is 3.